The van der Waals surface area contributed by atoms with Gasteiger partial charge in [0.25, 0.3) is 0 Å². The van der Waals surface area contributed by atoms with Crippen LogP contribution < -0.4 is 10.1 Å². The van der Waals surface area contributed by atoms with E-state index in [0.29, 0.717) is 19.1 Å². The average molecular weight is 330 g/mol. The zero-order chi connectivity index (χ0) is 16.1. The first-order chi connectivity index (χ1) is 11.2. The number of nitrogens with one attached hydrogen (secondary N) is 1. The molecule has 0 aliphatic rings. The van der Waals surface area contributed by atoms with Crippen molar-refractivity contribution in [3.8, 4) is 5.75 Å². The van der Waals surface area contributed by atoms with E-state index < -0.39 is 0 Å². The molecule has 3 rings (SSSR count). The summed E-state index contributed by atoms with van der Waals surface area (Å²) in [5, 5.41) is 15.2. The SMILES string of the molecule is Cn1nnnc1NCc1ccccc1OCc1ccc(Cl)cc1. The van der Waals surface area contributed by atoms with Crippen molar-refractivity contribution in [2.24, 2.45) is 7.05 Å². The van der Waals surface area contributed by atoms with E-state index in [4.69, 9.17) is 16.3 Å². The van der Waals surface area contributed by atoms with Crippen molar-refractivity contribution >= 4 is 17.5 Å². The molecule has 0 saturated heterocycles. The smallest absolute Gasteiger partial charge is 0.242 e. The molecule has 0 spiro atoms. The first kappa shape index (κ1) is 15.3. The molecule has 0 aliphatic carbocycles. The lowest BCUT2D eigenvalue weighted by atomic mass is 10.2. The first-order valence-corrected chi connectivity index (χ1v) is 7.51. The molecule has 7 heteroatoms. The van der Waals surface area contributed by atoms with Gasteiger partial charge in [-0.2, -0.15) is 0 Å². The number of hydrogen-bond acceptors (Lipinski definition) is 5. The van der Waals surface area contributed by atoms with E-state index in [9.17, 15) is 0 Å². The number of para-hydroxylation sites is 1. The van der Waals surface area contributed by atoms with E-state index in [1.165, 1.54) is 0 Å². The molecule has 3 aromatic rings. The van der Waals surface area contributed by atoms with Crippen LogP contribution in [0.4, 0.5) is 5.95 Å². The Labute approximate surface area is 139 Å². The second-order valence-electron chi connectivity index (χ2n) is 5.00. The average Bonchev–Trinajstić information content (AvgIpc) is 2.98. The van der Waals surface area contributed by atoms with E-state index in [1.807, 2.05) is 48.5 Å². The van der Waals surface area contributed by atoms with Gasteiger partial charge in [-0.3, -0.25) is 0 Å². The summed E-state index contributed by atoms with van der Waals surface area (Å²) in [7, 11) is 1.78. The maximum absolute atomic E-state index is 5.92. The topological polar surface area (TPSA) is 64.9 Å². The van der Waals surface area contributed by atoms with Crippen LogP contribution >= 0.6 is 11.6 Å². The molecule has 118 valence electrons. The Morgan fingerprint density at radius 3 is 2.65 bits per heavy atom. The number of anilines is 1. The molecule has 1 heterocycles. The molecule has 23 heavy (non-hydrogen) atoms. The van der Waals surface area contributed by atoms with E-state index >= 15 is 0 Å². The third-order valence-corrected chi connectivity index (χ3v) is 3.59. The number of rotatable bonds is 6. The molecule has 6 nitrogen and oxygen atoms in total. The summed E-state index contributed by atoms with van der Waals surface area (Å²) in [5.74, 6) is 1.43. The highest BCUT2D eigenvalue weighted by atomic mass is 35.5. The van der Waals surface area contributed by atoms with Crippen LogP contribution in [0.15, 0.2) is 48.5 Å². The number of aryl methyl sites for hydroxylation is 1. The molecule has 2 aromatic carbocycles. The van der Waals surface area contributed by atoms with Crippen molar-refractivity contribution in [3.05, 3.63) is 64.7 Å². The van der Waals surface area contributed by atoms with Gasteiger partial charge in [0.05, 0.1) is 0 Å². The van der Waals surface area contributed by atoms with E-state index in [1.54, 1.807) is 11.7 Å². The molecule has 0 bridgehead atoms. The van der Waals surface area contributed by atoms with Crippen LogP contribution in [-0.4, -0.2) is 20.2 Å². The zero-order valence-corrected chi connectivity index (χ0v) is 13.4. The molecular formula is C16H16ClN5O. The Balaban J connectivity index is 1.65. The van der Waals surface area contributed by atoms with Crippen LogP contribution in [-0.2, 0) is 20.2 Å². The third kappa shape index (κ3) is 3.98. The Morgan fingerprint density at radius 1 is 1.13 bits per heavy atom. The first-order valence-electron chi connectivity index (χ1n) is 7.14. The van der Waals surface area contributed by atoms with Gasteiger partial charge in [0.1, 0.15) is 12.4 Å². The minimum Gasteiger partial charge on any atom is -0.489 e. The Hall–Kier alpha value is -2.60. The van der Waals surface area contributed by atoms with Crippen molar-refractivity contribution in [3.63, 3.8) is 0 Å². The molecule has 0 fully saturated rings. The summed E-state index contributed by atoms with van der Waals surface area (Å²) >= 11 is 5.89. The monoisotopic (exact) mass is 329 g/mol. The summed E-state index contributed by atoms with van der Waals surface area (Å²) in [4.78, 5) is 0. The molecule has 0 radical (unpaired) electrons. The van der Waals surface area contributed by atoms with Crippen molar-refractivity contribution < 1.29 is 4.74 Å². The van der Waals surface area contributed by atoms with E-state index in [0.717, 1.165) is 21.9 Å². The molecular weight excluding hydrogens is 314 g/mol. The second kappa shape index (κ2) is 7.11. The van der Waals surface area contributed by atoms with Crippen molar-refractivity contribution in [1.82, 2.24) is 20.2 Å². The maximum atomic E-state index is 5.92. The molecule has 0 atom stereocenters. The molecule has 0 unspecified atom stereocenters. The van der Waals surface area contributed by atoms with E-state index in [2.05, 4.69) is 20.8 Å². The number of nitrogens with zero attached hydrogens (tertiary/aromatic N) is 4. The highest BCUT2D eigenvalue weighted by Crippen LogP contribution is 2.20. The quantitative estimate of drug-likeness (QED) is 0.753. The zero-order valence-electron chi connectivity index (χ0n) is 12.6. The van der Waals surface area contributed by atoms with Gasteiger partial charge in [-0.25, -0.2) is 4.68 Å². The number of tetrazole rings is 1. The summed E-state index contributed by atoms with van der Waals surface area (Å²) in [6.45, 7) is 1.06. The number of ether oxygens (including phenoxy) is 1. The maximum Gasteiger partial charge on any atom is 0.242 e. The van der Waals surface area contributed by atoms with Gasteiger partial charge < -0.3 is 10.1 Å². The van der Waals surface area contributed by atoms with Crippen LogP contribution in [0.3, 0.4) is 0 Å². The molecule has 0 aliphatic heterocycles. The molecule has 1 aromatic heterocycles. The molecule has 0 saturated carbocycles. The molecule has 1 N–H and O–H groups in total. The van der Waals surface area contributed by atoms with Crippen LogP contribution in [0.5, 0.6) is 5.75 Å². The van der Waals surface area contributed by atoms with Crippen LogP contribution in [0.25, 0.3) is 0 Å². The number of halogens is 1. The summed E-state index contributed by atoms with van der Waals surface area (Å²) in [5.41, 5.74) is 2.10. The lowest BCUT2D eigenvalue weighted by Crippen LogP contribution is -2.07. The Bertz CT molecular complexity index is 772. The minimum absolute atomic E-state index is 0.486. The molecule has 0 amide bonds. The van der Waals surface area contributed by atoms with Crippen LogP contribution in [0, 0.1) is 0 Å². The van der Waals surface area contributed by atoms with Crippen molar-refractivity contribution in [2.45, 2.75) is 13.2 Å². The minimum atomic E-state index is 0.486. The standard InChI is InChI=1S/C16H16ClN5O/c1-22-16(19-20-21-22)18-10-13-4-2-3-5-15(13)23-11-12-6-8-14(17)9-7-12/h2-9H,10-11H2,1H3,(H,18,19,21). The van der Waals surface area contributed by atoms with Gasteiger partial charge in [0.2, 0.25) is 5.95 Å². The summed E-state index contributed by atoms with van der Waals surface area (Å²) in [6.07, 6.45) is 0. The van der Waals surface area contributed by atoms with Gasteiger partial charge in [-0.15, -0.1) is 0 Å². The van der Waals surface area contributed by atoms with Crippen molar-refractivity contribution in [2.75, 3.05) is 5.32 Å². The van der Waals surface area contributed by atoms with Gasteiger partial charge in [0, 0.05) is 24.2 Å². The van der Waals surface area contributed by atoms with Gasteiger partial charge in [0.15, 0.2) is 0 Å². The Kier molecular flexibility index (Phi) is 4.73. The van der Waals surface area contributed by atoms with Crippen molar-refractivity contribution in [1.29, 1.82) is 0 Å². The van der Waals surface area contributed by atoms with Gasteiger partial charge in [-0.05, 0) is 34.2 Å². The van der Waals surface area contributed by atoms with Gasteiger partial charge in [-0.1, -0.05) is 47.0 Å². The summed E-state index contributed by atoms with van der Waals surface area (Å²) in [6, 6.07) is 15.5. The van der Waals surface area contributed by atoms with Gasteiger partial charge >= 0.3 is 0 Å². The van der Waals surface area contributed by atoms with E-state index in [-0.39, 0.29) is 0 Å². The lowest BCUT2D eigenvalue weighted by molar-refractivity contribution is 0.303. The summed E-state index contributed by atoms with van der Waals surface area (Å²) < 4.78 is 7.50. The largest absolute Gasteiger partial charge is 0.489 e. The fraction of sp³-hybridized carbons (Fsp3) is 0.188. The third-order valence-electron chi connectivity index (χ3n) is 3.34. The Morgan fingerprint density at radius 2 is 1.91 bits per heavy atom. The lowest BCUT2D eigenvalue weighted by Gasteiger charge is -2.12. The number of hydrogen-bond donors (Lipinski definition) is 1. The highest BCUT2D eigenvalue weighted by Gasteiger charge is 2.06. The number of aromatic nitrogens is 4. The van der Waals surface area contributed by atoms with Crippen LogP contribution in [0.2, 0.25) is 5.02 Å². The predicted octanol–water partition coefficient (Wildman–Crippen LogP) is 3.05. The fourth-order valence-corrected chi connectivity index (χ4v) is 2.21. The predicted molar refractivity (Wildman–Crippen MR) is 88.4 cm³/mol. The highest BCUT2D eigenvalue weighted by molar-refractivity contribution is 6.30. The number of benzene rings is 2. The second-order valence-corrected chi connectivity index (χ2v) is 5.44. The fourth-order valence-electron chi connectivity index (χ4n) is 2.09. The normalized spacial score (nSPS) is 10.5. The van der Waals surface area contributed by atoms with Crippen LogP contribution in [0.1, 0.15) is 11.1 Å².